The van der Waals surface area contributed by atoms with Crippen LogP contribution in [0.5, 0.6) is 0 Å². The van der Waals surface area contributed by atoms with Gasteiger partial charge in [-0.05, 0) is 27.4 Å². The molecule has 0 aromatic rings. The van der Waals surface area contributed by atoms with Gasteiger partial charge in [0.2, 0.25) is 0 Å². The first kappa shape index (κ1) is 10.0. The molecule has 72 valence electrons. The minimum atomic E-state index is 0.725. The fourth-order valence-corrected chi connectivity index (χ4v) is 2.00. The molecular weight excluding hydrogens is 148 g/mol. The van der Waals surface area contributed by atoms with Crippen LogP contribution >= 0.6 is 0 Å². The van der Waals surface area contributed by atoms with E-state index in [1.54, 1.807) is 0 Å². The van der Waals surface area contributed by atoms with E-state index in [0.717, 1.165) is 12.1 Å². The van der Waals surface area contributed by atoms with Crippen molar-refractivity contribution in [2.75, 3.05) is 27.2 Å². The largest absolute Gasteiger partial charge is 0.301 e. The van der Waals surface area contributed by atoms with E-state index in [2.05, 4.69) is 37.7 Å². The second kappa shape index (κ2) is 4.24. The van der Waals surface area contributed by atoms with E-state index in [9.17, 15) is 0 Å². The monoisotopic (exact) mass is 170 g/mol. The summed E-state index contributed by atoms with van der Waals surface area (Å²) in [6, 6.07) is 1.51. The van der Waals surface area contributed by atoms with Crippen LogP contribution in [0.15, 0.2) is 0 Å². The van der Waals surface area contributed by atoms with Gasteiger partial charge in [-0.3, -0.25) is 0 Å². The molecule has 1 fully saturated rings. The second-order valence-corrected chi connectivity index (χ2v) is 4.17. The van der Waals surface area contributed by atoms with Gasteiger partial charge < -0.3 is 9.80 Å². The summed E-state index contributed by atoms with van der Waals surface area (Å²) >= 11 is 0. The highest BCUT2D eigenvalue weighted by Crippen LogP contribution is 2.14. The Morgan fingerprint density at radius 3 is 2.42 bits per heavy atom. The lowest BCUT2D eigenvalue weighted by Crippen LogP contribution is -2.54. The molecule has 2 atom stereocenters. The highest BCUT2D eigenvalue weighted by atomic mass is 15.3. The Hall–Kier alpha value is -0.0800. The number of piperazine rings is 1. The van der Waals surface area contributed by atoms with Crippen LogP contribution in [-0.4, -0.2) is 49.1 Å². The molecule has 0 bridgehead atoms. The zero-order valence-corrected chi connectivity index (χ0v) is 8.88. The summed E-state index contributed by atoms with van der Waals surface area (Å²) in [7, 11) is 4.49. The molecule has 0 saturated carbocycles. The van der Waals surface area contributed by atoms with Gasteiger partial charge in [-0.25, -0.2) is 0 Å². The van der Waals surface area contributed by atoms with E-state index in [1.165, 1.54) is 25.9 Å². The normalized spacial score (nSPS) is 34.0. The first-order valence-electron chi connectivity index (χ1n) is 5.05. The molecule has 0 N–H and O–H groups in total. The average molecular weight is 170 g/mol. The first-order chi connectivity index (χ1) is 5.65. The number of hydrogen-bond acceptors (Lipinski definition) is 2. The van der Waals surface area contributed by atoms with Crippen molar-refractivity contribution in [3.63, 3.8) is 0 Å². The molecule has 0 aromatic heterocycles. The van der Waals surface area contributed by atoms with Crippen molar-refractivity contribution in [3.05, 3.63) is 0 Å². The predicted molar refractivity (Wildman–Crippen MR) is 53.4 cm³/mol. The third-order valence-corrected chi connectivity index (χ3v) is 3.05. The zero-order chi connectivity index (χ0) is 9.14. The smallest absolute Gasteiger partial charge is 0.0220 e. The van der Waals surface area contributed by atoms with Crippen molar-refractivity contribution >= 4 is 0 Å². The van der Waals surface area contributed by atoms with Crippen molar-refractivity contribution in [1.82, 2.24) is 9.80 Å². The Kier molecular flexibility index (Phi) is 3.53. The number of hydrogen-bond donors (Lipinski definition) is 0. The fraction of sp³-hybridized carbons (Fsp3) is 1.00. The van der Waals surface area contributed by atoms with Crippen molar-refractivity contribution in [2.45, 2.75) is 38.8 Å². The van der Waals surface area contributed by atoms with Crippen molar-refractivity contribution in [2.24, 2.45) is 0 Å². The second-order valence-electron chi connectivity index (χ2n) is 4.17. The quantitative estimate of drug-likeness (QED) is 0.618. The molecule has 1 saturated heterocycles. The lowest BCUT2D eigenvalue weighted by atomic mass is 10.1. The van der Waals surface area contributed by atoms with E-state index >= 15 is 0 Å². The maximum atomic E-state index is 2.51. The van der Waals surface area contributed by atoms with Crippen LogP contribution < -0.4 is 0 Å². The topological polar surface area (TPSA) is 6.48 Å². The van der Waals surface area contributed by atoms with E-state index < -0.39 is 0 Å². The van der Waals surface area contributed by atoms with E-state index in [4.69, 9.17) is 0 Å². The molecule has 2 unspecified atom stereocenters. The zero-order valence-electron chi connectivity index (χ0n) is 8.88. The maximum absolute atomic E-state index is 2.51. The van der Waals surface area contributed by atoms with Crippen molar-refractivity contribution in [1.29, 1.82) is 0 Å². The standard InChI is InChI=1S/C10H22N2/c1-5-6-10-8-11(3)9(2)7-12(10)4/h9-10H,5-8H2,1-4H3. The van der Waals surface area contributed by atoms with Gasteiger partial charge in [0.15, 0.2) is 0 Å². The van der Waals surface area contributed by atoms with Crippen molar-refractivity contribution in [3.8, 4) is 0 Å². The molecule has 0 amide bonds. The molecule has 1 heterocycles. The summed E-state index contributed by atoms with van der Waals surface area (Å²) in [6.07, 6.45) is 2.64. The molecular formula is C10H22N2. The van der Waals surface area contributed by atoms with Crippen LogP contribution in [-0.2, 0) is 0 Å². The predicted octanol–water partition coefficient (Wildman–Crippen LogP) is 1.42. The van der Waals surface area contributed by atoms with Crippen LogP contribution in [0.1, 0.15) is 26.7 Å². The Morgan fingerprint density at radius 2 is 1.83 bits per heavy atom. The van der Waals surface area contributed by atoms with Gasteiger partial charge in [0.1, 0.15) is 0 Å². The lowest BCUT2D eigenvalue weighted by Gasteiger charge is -2.42. The Bertz CT molecular complexity index is 136. The van der Waals surface area contributed by atoms with Gasteiger partial charge in [0.05, 0.1) is 0 Å². The third-order valence-electron chi connectivity index (χ3n) is 3.05. The van der Waals surface area contributed by atoms with E-state index in [1.807, 2.05) is 0 Å². The fourth-order valence-electron chi connectivity index (χ4n) is 2.00. The molecule has 1 rings (SSSR count). The van der Waals surface area contributed by atoms with Gasteiger partial charge in [-0.1, -0.05) is 13.3 Å². The Balaban J connectivity index is 2.43. The minimum absolute atomic E-state index is 0.725. The maximum Gasteiger partial charge on any atom is 0.0220 e. The molecule has 1 aliphatic heterocycles. The molecule has 2 nitrogen and oxygen atoms in total. The van der Waals surface area contributed by atoms with Crippen LogP contribution in [0.3, 0.4) is 0 Å². The van der Waals surface area contributed by atoms with Gasteiger partial charge >= 0.3 is 0 Å². The average Bonchev–Trinajstić information content (AvgIpc) is 2.01. The molecule has 2 heteroatoms. The summed E-state index contributed by atoms with van der Waals surface area (Å²) in [5.41, 5.74) is 0. The summed E-state index contributed by atoms with van der Waals surface area (Å²) in [5, 5.41) is 0. The number of rotatable bonds is 2. The van der Waals surface area contributed by atoms with Crippen LogP contribution in [0.2, 0.25) is 0 Å². The van der Waals surface area contributed by atoms with Gasteiger partial charge in [0.25, 0.3) is 0 Å². The molecule has 0 aliphatic carbocycles. The SMILES string of the molecule is CCCC1CN(C)C(C)CN1C. The summed E-state index contributed by atoms with van der Waals surface area (Å²) in [4.78, 5) is 4.98. The molecule has 12 heavy (non-hydrogen) atoms. The van der Waals surface area contributed by atoms with Crippen LogP contribution in [0.4, 0.5) is 0 Å². The third kappa shape index (κ3) is 2.20. The molecule has 0 radical (unpaired) electrons. The Morgan fingerprint density at radius 1 is 1.17 bits per heavy atom. The summed E-state index contributed by atoms with van der Waals surface area (Å²) in [6.45, 7) is 7.04. The number of likely N-dealkylation sites (N-methyl/N-ethyl adjacent to an activating group) is 2. The van der Waals surface area contributed by atoms with Crippen LogP contribution in [0.25, 0.3) is 0 Å². The van der Waals surface area contributed by atoms with E-state index in [-0.39, 0.29) is 0 Å². The van der Waals surface area contributed by atoms with Gasteiger partial charge in [-0.15, -0.1) is 0 Å². The Labute approximate surface area is 76.5 Å². The molecule has 0 spiro atoms. The molecule has 0 aromatic carbocycles. The molecule has 1 aliphatic rings. The van der Waals surface area contributed by atoms with E-state index in [0.29, 0.717) is 0 Å². The van der Waals surface area contributed by atoms with Gasteiger partial charge in [0, 0.05) is 25.2 Å². The first-order valence-corrected chi connectivity index (χ1v) is 5.05. The summed E-state index contributed by atoms with van der Waals surface area (Å²) in [5.74, 6) is 0. The minimum Gasteiger partial charge on any atom is -0.301 e. The highest BCUT2D eigenvalue weighted by molar-refractivity contribution is 4.82. The summed E-state index contributed by atoms with van der Waals surface area (Å²) < 4.78 is 0. The lowest BCUT2D eigenvalue weighted by molar-refractivity contribution is 0.0668. The highest BCUT2D eigenvalue weighted by Gasteiger charge is 2.25. The van der Waals surface area contributed by atoms with Crippen molar-refractivity contribution < 1.29 is 0 Å². The van der Waals surface area contributed by atoms with Gasteiger partial charge in [-0.2, -0.15) is 0 Å². The number of nitrogens with zero attached hydrogens (tertiary/aromatic N) is 2. The van der Waals surface area contributed by atoms with Crippen LogP contribution in [0, 0.1) is 0 Å².